The number of carbonyl (C=O) groups excluding carboxylic acids is 1. The van der Waals surface area contributed by atoms with Gasteiger partial charge in [-0.25, -0.2) is 4.99 Å². The van der Waals surface area contributed by atoms with E-state index < -0.39 is 0 Å². The first-order valence-electron chi connectivity index (χ1n) is 8.48. The minimum atomic E-state index is 0.0334. The normalized spacial score (nSPS) is 21.0. The third-order valence-corrected chi connectivity index (χ3v) is 6.76. The Morgan fingerprint density at radius 2 is 1.85 bits per heavy atom. The van der Waals surface area contributed by atoms with Crippen molar-refractivity contribution in [3.05, 3.63) is 64.0 Å². The number of nitrogens with zero attached hydrogens (tertiary/aromatic N) is 3. The van der Waals surface area contributed by atoms with Crippen LogP contribution in [-0.4, -0.2) is 29.6 Å². The quantitative estimate of drug-likeness (QED) is 0.687. The summed E-state index contributed by atoms with van der Waals surface area (Å²) < 4.78 is 0. The Balaban J connectivity index is 1.73. The molecule has 0 unspecified atom stereocenters. The molecule has 0 radical (unpaired) electrons. The molecule has 0 spiro atoms. The van der Waals surface area contributed by atoms with Gasteiger partial charge in [0.15, 0.2) is 5.17 Å². The molecule has 0 atom stereocenters. The SMILES string of the molecule is CCN1C(=O)/C(=C2\Sc3cc(C)ccc3N2C)S/C1=N\c1ccccc1. The summed E-state index contributed by atoms with van der Waals surface area (Å²) in [5, 5.41) is 1.73. The van der Waals surface area contributed by atoms with Crippen LogP contribution < -0.4 is 4.90 Å². The summed E-state index contributed by atoms with van der Waals surface area (Å²) in [5.41, 5.74) is 3.23. The van der Waals surface area contributed by atoms with Gasteiger partial charge < -0.3 is 4.90 Å². The fraction of sp³-hybridized carbons (Fsp3) is 0.200. The number of thioether (sulfide) groups is 2. The monoisotopic (exact) mass is 381 g/mol. The van der Waals surface area contributed by atoms with Gasteiger partial charge in [0.2, 0.25) is 0 Å². The molecule has 0 saturated carbocycles. The molecule has 4 nitrogen and oxygen atoms in total. The maximum atomic E-state index is 13.0. The largest absolute Gasteiger partial charge is 0.337 e. The summed E-state index contributed by atoms with van der Waals surface area (Å²) in [6.07, 6.45) is 0. The van der Waals surface area contributed by atoms with Crippen LogP contribution in [0.15, 0.2) is 68.4 Å². The number of aliphatic imine (C=N–C) groups is 1. The zero-order chi connectivity index (χ0) is 18.3. The van der Waals surface area contributed by atoms with Crippen molar-refractivity contribution in [3.8, 4) is 0 Å². The van der Waals surface area contributed by atoms with Crippen LogP contribution in [0, 0.1) is 6.92 Å². The van der Waals surface area contributed by atoms with Gasteiger partial charge in [-0.1, -0.05) is 36.0 Å². The third-order valence-electron chi connectivity index (χ3n) is 4.34. The smallest absolute Gasteiger partial charge is 0.269 e. The van der Waals surface area contributed by atoms with Crippen LogP contribution in [-0.2, 0) is 4.79 Å². The Labute approximate surface area is 162 Å². The van der Waals surface area contributed by atoms with Crippen LogP contribution in [0.25, 0.3) is 0 Å². The first-order valence-corrected chi connectivity index (χ1v) is 10.1. The lowest BCUT2D eigenvalue weighted by atomic mass is 10.2. The number of para-hydroxylation sites is 1. The molecular formula is C20H19N3OS2. The average Bonchev–Trinajstić information content (AvgIpc) is 3.12. The van der Waals surface area contributed by atoms with Crippen LogP contribution in [0.1, 0.15) is 12.5 Å². The fourth-order valence-corrected chi connectivity index (χ4v) is 5.48. The second-order valence-corrected chi connectivity index (χ2v) is 8.16. The van der Waals surface area contributed by atoms with Crippen molar-refractivity contribution in [2.24, 2.45) is 4.99 Å². The van der Waals surface area contributed by atoms with Crippen LogP contribution in [0.5, 0.6) is 0 Å². The highest BCUT2D eigenvalue weighted by molar-refractivity contribution is 8.19. The number of anilines is 1. The minimum absolute atomic E-state index is 0.0334. The van der Waals surface area contributed by atoms with Gasteiger partial charge in [-0.2, -0.15) is 0 Å². The van der Waals surface area contributed by atoms with Crippen molar-refractivity contribution in [1.29, 1.82) is 0 Å². The molecule has 2 aliphatic heterocycles. The van der Waals surface area contributed by atoms with Crippen LogP contribution >= 0.6 is 23.5 Å². The van der Waals surface area contributed by atoms with Crippen molar-refractivity contribution in [2.45, 2.75) is 18.7 Å². The van der Waals surface area contributed by atoms with E-state index in [1.807, 2.05) is 44.3 Å². The summed E-state index contributed by atoms with van der Waals surface area (Å²) >= 11 is 3.13. The lowest BCUT2D eigenvalue weighted by Gasteiger charge is -2.15. The maximum absolute atomic E-state index is 13.0. The highest BCUT2D eigenvalue weighted by atomic mass is 32.2. The highest BCUT2D eigenvalue weighted by Crippen LogP contribution is 2.50. The predicted molar refractivity (Wildman–Crippen MR) is 111 cm³/mol. The molecular weight excluding hydrogens is 362 g/mol. The molecule has 1 saturated heterocycles. The standard InChI is InChI=1S/C20H19N3OS2/c1-4-23-18(24)17(26-20(23)21-14-8-6-5-7-9-14)19-22(3)15-11-10-13(2)12-16(15)25-19/h5-12H,4H2,1-3H3/b19-17+,21-20-. The molecule has 0 bridgehead atoms. The van der Waals surface area contributed by atoms with Gasteiger partial charge in [0.25, 0.3) is 5.91 Å². The number of carbonyl (C=O) groups is 1. The van der Waals surface area contributed by atoms with Crippen molar-refractivity contribution in [1.82, 2.24) is 4.90 Å². The van der Waals surface area contributed by atoms with Crippen LogP contribution in [0.3, 0.4) is 0 Å². The Morgan fingerprint density at radius 1 is 1.08 bits per heavy atom. The van der Waals surface area contributed by atoms with Gasteiger partial charge in [0.05, 0.1) is 16.4 Å². The van der Waals surface area contributed by atoms with Crippen molar-refractivity contribution in [2.75, 3.05) is 18.5 Å². The van der Waals surface area contributed by atoms with E-state index in [0.29, 0.717) is 6.54 Å². The molecule has 2 aromatic carbocycles. The second-order valence-electron chi connectivity index (χ2n) is 6.15. The first-order chi connectivity index (χ1) is 12.6. The molecule has 1 amide bonds. The summed E-state index contributed by atoms with van der Waals surface area (Å²) in [7, 11) is 2.02. The van der Waals surface area contributed by atoms with Gasteiger partial charge in [-0.05, 0) is 55.4 Å². The van der Waals surface area contributed by atoms with E-state index in [2.05, 4.69) is 30.0 Å². The van der Waals surface area contributed by atoms with Gasteiger partial charge in [-0.3, -0.25) is 9.69 Å². The Kier molecular flexibility index (Phi) is 4.54. The van der Waals surface area contributed by atoms with E-state index in [1.54, 1.807) is 16.7 Å². The lowest BCUT2D eigenvalue weighted by molar-refractivity contribution is -0.122. The van der Waals surface area contributed by atoms with E-state index in [-0.39, 0.29) is 5.91 Å². The topological polar surface area (TPSA) is 35.9 Å². The van der Waals surface area contributed by atoms with E-state index in [4.69, 9.17) is 4.99 Å². The number of rotatable bonds is 2. The molecule has 132 valence electrons. The van der Waals surface area contributed by atoms with E-state index in [0.717, 1.165) is 26.5 Å². The van der Waals surface area contributed by atoms with Gasteiger partial charge in [0.1, 0.15) is 4.91 Å². The summed E-state index contributed by atoms with van der Waals surface area (Å²) in [5.74, 6) is 0.0334. The van der Waals surface area contributed by atoms with E-state index in [9.17, 15) is 4.79 Å². The van der Waals surface area contributed by atoms with Crippen molar-refractivity contribution >= 4 is 46.0 Å². The summed E-state index contributed by atoms with van der Waals surface area (Å²) in [6.45, 7) is 4.68. The fourth-order valence-electron chi connectivity index (χ4n) is 2.97. The average molecular weight is 382 g/mol. The number of fused-ring (bicyclic) bond motifs is 1. The molecule has 2 aliphatic rings. The number of aryl methyl sites for hydroxylation is 1. The zero-order valence-electron chi connectivity index (χ0n) is 14.9. The zero-order valence-corrected chi connectivity index (χ0v) is 16.5. The second kappa shape index (κ2) is 6.85. The van der Waals surface area contributed by atoms with Crippen molar-refractivity contribution in [3.63, 3.8) is 0 Å². The third kappa shape index (κ3) is 2.93. The van der Waals surface area contributed by atoms with Crippen LogP contribution in [0.2, 0.25) is 0 Å². The maximum Gasteiger partial charge on any atom is 0.269 e. The molecule has 2 heterocycles. The molecule has 1 fully saturated rings. The van der Waals surface area contributed by atoms with Crippen LogP contribution in [0.4, 0.5) is 11.4 Å². The number of amidine groups is 1. The number of hydrogen-bond acceptors (Lipinski definition) is 5. The molecule has 0 N–H and O–H groups in total. The lowest BCUT2D eigenvalue weighted by Crippen LogP contribution is -2.29. The number of likely N-dealkylation sites (N-methyl/N-ethyl adjacent to an activating group) is 1. The highest BCUT2D eigenvalue weighted by Gasteiger charge is 2.38. The molecule has 0 aliphatic carbocycles. The van der Waals surface area contributed by atoms with Gasteiger partial charge in [-0.15, -0.1) is 0 Å². The minimum Gasteiger partial charge on any atom is -0.337 e. The molecule has 26 heavy (non-hydrogen) atoms. The predicted octanol–water partition coefficient (Wildman–Crippen LogP) is 4.99. The number of benzene rings is 2. The van der Waals surface area contributed by atoms with E-state index in [1.165, 1.54) is 22.2 Å². The Hall–Kier alpha value is -2.18. The summed E-state index contributed by atoms with van der Waals surface area (Å²) in [6, 6.07) is 16.2. The number of hydrogen-bond donors (Lipinski definition) is 0. The molecule has 0 aromatic heterocycles. The van der Waals surface area contributed by atoms with Crippen molar-refractivity contribution < 1.29 is 4.79 Å². The van der Waals surface area contributed by atoms with Gasteiger partial charge >= 0.3 is 0 Å². The summed E-state index contributed by atoms with van der Waals surface area (Å²) in [4.78, 5) is 23.5. The molecule has 6 heteroatoms. The van der Waals surface area contributed by atoms with Gasteiger partial charge in [0, 0.05) is 18.5 Å². The molecule has 4 rings (SSSR count). The Morgan fingerprint density at radius 3 is 2.58 bits per heavy atom. The van der Waals surface area contributed by atoms with E-state index >= 15 is 0 Å². The molecule has 2 aromatic rings. The first kappa shape index (κ1) is 17.2. The number of amides is 1. The Bertz CT molecular complexity index is 937.